The third-order valence-corrected chi connectivity index (χ3v) is 3.70. The second-order valence-corrected chi connectivity index (χ2v) is 6.82. The lowest BCUT2D eigenvalue weighted by Crippen LogP contribution is -2.31. The Morgan fingerprint density at radius 2 is 1.38 bits per heavy atom. The van der Waals surface area contributed by atoms with Crippen LogP contribution in [-0.2, 0) is 0 Å². The predicted octanol–water partition coefficient (Wildman–Crippen LogP) is 4.71. The smallest absolute Gasteiger partial charge is 0.0393 e. The monoisotopic (exact) mass is 204 g/mol. The highest BCUT2D eigenvalue weighted by atomic mass is 35.5. The van der Waals surface area contributed by atoms with Crippen LogP contribution in [0.3, 0.4) is 0 Å². The Morgan fingerprint density at radius 1 is 1.00 bits per heavy atom. The van der Waals surface area contributed by atoms with E-state index in [1.54, 1.807) is 0 Å². The van der Waals surface area contributed by atoms with Crippen LogP contribution >= 0.6 is 11.6 Å². The van der Waals surface area contributed by atoms with Gasteiger partial charge in [-0.3, -0.25) is 0 Å². The number of hydrogen-bond acceptors (Lipinski definition) is 0. The first-order valence-electron chi connectivity index (χ1n) is 5.26. The van der Waals surface area contributed by atoms with Crippen molar-refractivity contribution >= 4 is 11.6 Å². The largest absolute Gasteiger partial charge is 0.120 e. The van der Waals surface area contributed by atoms with E-state index in [1.165, 1.54) is 0 Å². The molecule has 0 aromatic rings. The van der Waals surface area contributed by atoms with Gasteiger partial charge >= 0.3 is 0 Å². The molecule has 0 aliphatic carbocycles. The Balaban J connectivity index is 4.34. The maximum Gasteiger partial charge on any atom is 0.0393 e. The van der Waals surface area contributed by atoms with Crippen molar-refractivity contribution in [1.29, 1.82) is 0 Å². The lowest BCUT2D eigenvalue weighted by atomic mass is 9.69. The molecule has 0 N–H and O–H groups in total. The molecule has 0 aromatic heterocycles. The molecule has 13 heavy (non-hydrogen) atoms. The van der Waals surface area contributed by atoms with Gasteiger partial charge in [0.25, 0.3) is 0 Å². The molecule has 0 bridgehead atoms. The summed E-state index contributed by atoms with van der Waals surface area (Å²) in [7, 11) is 0. The molecule has 0 saturated carbocycles. The summed E-state index contributed by atoms with van der Waals surface area (Å²) < 4.78 is 0. The van der Waals surface area contributed by atoms with Crippen molar-refractivity contribution in [1.82, 2.24) is 0 Å². The van der Waals surface area contributed by atoms with Crippen LogP contribution in [0.1, 0.15) is 54.9 Å². The summed E-state index contributed by atoms with van der Waals surface area (Å²) in [6.45, 7) is 15.8. The molecule has 0 rings (SSSR count). The summed E-state index contributed by atoms with van der Waals surface area (Å²) >= 11 is 6.24. The number of hydrogen-bond donors (Lipinski definition) is 0. The van der Waals surface area contributed by atoms with Crippen LogP contribution in [0.4, 0.5) is 0 Å². The summed E-state index contributed by atoms with van der Waals surface area (Å²) in [4.78, 5) is -0.0639. The van der Waals surface area contributed by atoms with Crippen LogP contribution in [0.5, 0.6) is 0 Å². The zero-order chi connectivity index (χ0) is 10.9. The fourth-order valence-electron chi connectivity index (χ4n) is 1.56. The van der Waals surface area contributed by atoms with E-state index in [4.69, 9.17) is 11.6 Å². The minimum atomic E-state index is -0.0639. The second-order valence-electron chi connectivity index (χ2n) is 5.80. The van der Waals surface area contributed by atoms with Gasteiger partial charge in [-0.05, 0) is 37.5 Å². The molecule has 0 aliphatic heterocycles. The lowest BCUT2D eigenvalue weighted by Gasteiger charge is -2.38. The molecule has 0 saturated heterocycles. The van der Waals surface area contributed by atoms with E-state index in [0.717, 1.165) is 6.42 Å². The standard InChI is InChI=1S/C12H25Cl/c1-9(2)12(6,7)10(3)8-11(4,5)13/h9-10H,8H2,1-7H3. The Morgan fingerprint density at radius 3 is 1.62 bits per heavy atom. The first-order chi connectivity index (χ1) is 5.57. The maximum absolute atomic E-state index is 6.24. The molecule has 0 aromatic carbocycles. The Hall–Kier alpha value is 0.290. The fourth-order valence-corrected chi connectivity index (χ4v) is 1.79. The number of halogens is 1. The van der Waals surface area contributed by atoms with E-state index in [9.17, 15) is 0 Å². The van der Waals surface area contributed by atoms with Crippen molar-refractivity contribution in [2.24, 2.45) is 17.3 Å². The molecule has 0 amide bonds. The molecule has 0 nitrogen and oxygen atoms in total. The van der Waals surface area contributed by atoms with Crippen LogP contribution in [0.25, 0.3) is 0 Å². The highest BCUT2D eigenvalue weighted by Gasteiger charge is 2.32. The zero-order valence-corrected chi connectivity index (χ0v) is 11.0. The summed E-state index contributed by atoms with van der Waals surface area (Å²) in [5.74, 6) is 1.38. The summed E-state index contributed by atoms with van der Waals surface area (Å²) in [5.41, 5.74) is 0.381. The lowest BCUT2D eigenvalue weighted by molar-refractivity contribution is 0.135. The van der Waals surface area contributed by atoms with E-state index in [1.807, 2.05) is 0 Å². The van der Waals surface area contributed by atoms with E-state index >= 15 is 0 Å². The van der Waals surface area contributed by atoms with Gasteiger partial charge in [0.1, 0.15) is 0 Å². The van der Waals surface area contributed by atoms with Gasteiger partial charge in [-0.1, -0.05) is 34.6 Å². The van der Waals surface area contributed by atoms with Crippen molar-refractivity contribution in [3.63, 3.8) is 0 Å². The van der Waals surface area contributed by atoms with Crippen molar-refractivity contribution in [2.75, 3.05) is 0 Å². The molecule has 1 atom stereocenters. The molecular weight excluding hydrogens is 180 g/mol. The molecule has 1 heteroatoms. The Bertz CT molecular complexity index is 151. The predicted molar refractivity (Wildman–Crippen MR) is 62.3 cm³/mol. The minimum absolute atomic E-state index is 0.0639. The molecule has 0 spiro atoms. The second kappa shape index (κ2) is 4.21. The van der Waals surface area contributed by atoms with Gasteiger partial charge in [0.15, 0.2) is 0 Å². The third-order valence-electron chi connectivity index (χ3n) is 3.55. The molecule has 0 aliphatic rings. The maximum atomic E-state index is 6.24. The van der Waals surface area contributed by atoms with E-state index in [-0.39, 0.29) is 4.87 Å². The summed E-state index contributed by atoms with van der Waals surface area (Å²) in [6.07, 6.45) is 1.08. The molecule has 0 fully saturated rings. The quantitative estimate of drug-likeness (QED) is 0.582. The molecular formula is C12H25Cl. The van der Waals surface area contributed by atoms with Gasteiger partial charge in [-0.2, -0.15) is 0 Å². The number of alkyl halides is 1. The highest BCUT2D eigenvalue weighted by molar-refractivity contribution is 6.23. The van der Waals surface area contributed by atoms with Crippen molar-refractivity contribution in [3.05, 3.63) is 0 Å². The van der Waals surface area contributed by atoms with Crippen LogP contribution in [-0.4, -0.2) is 4.87 Å². The van der Waals surface area contributed by atoms with Gasteiger partial charge in [0, 0.05) is 4.87 Å². The van der Waals surface area contributed by atoms with Crippen LogP contribution < -0.4 is 0 Å². The third kappa shape index (κ3) is 4.35. The highest BCUT2D eigenvalue weighted by Crippen LogP contribution is 2.40. The average molecular weight is 205 g/mol. The molecule has 0 radical (unpaired) electrons. The Kier molecular flexibility index (Phi) is 4.30. The van der Waals surface area contributed by atoms with Crippen LogP contribution in [0.2, 0.25) is 0 Å². The van der Waals surface area contributed by atoms with Gasteiger partial charge in [0.05, 0.1) is 0 Å². The van der Waals surface area contributed by atoms with Crippen molar-refractivity contribution in [3.8, 4) is 0 Å². The number of rotatable bonds is 4. The zero-order valence-electron chi connectivity index (χ0n) is 10.2. The first-order valence-corrected chi connectivity index (χ1v) is 5.64. The van der Waals surface area contributed by atoms with E-state index in [2.05, 4.69) is 48.5 Å². The topological polar surface area (TPSA) is 0 Å². The van der Waals surface area contributed by atoms with Gasteiger partial charge in [-0.25, -0.2) is 0 Å². The van der Waals surface area contributed by atoms with Crippen LogP contribution in [0.15, 0.2) is 0 Å². The van der Waals surface area contributed by atoms with E-state index in [0.29, 0.717) is 17.3 Å². The van der Waals surface area contributed by atoms with Gasteiger partial charge in [-0.15, -0.1) is 11.6 Å². The average Bonchev–Trinajstić information content (AvgIpc) is 1.82. The summed E-state index contributed by atoms with van der Waals surface area (Å²) in [6, 6.07) is 0. The summed E-state index contributed by atoms with van der Waals surface area (Å²) in [5, 5.41) is 0. The molecule has 1 unspecified atom stereocenters. The van der Waals surface area contributed by atoms with Crippen molar-refractivity contribution < 1.29 is 0 Å². The Labute approximate surface area is 89.1 Å². The van der Waals surface area contributed by atoms with Crippen LogP contribution in [0, 0.1) is 17.3 Å². The SMILES string of the molecule is CC(C)C(C)(C)C(C)CC(C)(C)Cl. The molecule has 80 valence electrons. The minimum Gasteiger partial charge on any atom is -0.120 e. The first kappa shape index (κ1) is 13.3. The normalized spacial score (nSPS) is 16.4. The fraction of sp³-hybridized carbons (Fsp3) is 1.00. The van der Waals surface area contributed by atoms with E-state index < -0.39 is 0 Å². The van der Waals surface area contributed by atoms with Gasteiger partial charge in [0.2, 0.25) is 0 Å². The van der Waals surface area contributed by atoms with Gasteiger partial charge < -0.3 is 0 Å². The molecule has 0 heterocycles. The van der Waals surface area contributed by atoms with Crippen molar-refractivity contribution in [2.45, 2.75) is 59.8 Å².